The van der Waals surface area contributed by atoms with Gasteiger partial charge in [-0.25, -0.2) is 0 Å². The summed E-state index contributed by atoms with van der Waals surface area (Å²) >= 11 is 0. The lowest BCUT2D eigenvalue weighted by Crippen LogP contribution is -2.09. The average Bonchev–Trinajstić information content (AvgIpc) is 2.28. The molecule has 0 atom stereocenters. The van der Waals surface area contributed by atoms with E-state index in [2.05, 4.69) is 25.7 Å². The first kappa shape index (κ1) is 16.6. The molecule has 0 amide bonds. The molecule has 0 aliphatic carbocycles. The third-order valence-electron chi connectivity index (χ3n) is 2.19. The van der Waals surface area contributed by atoms with E-state index in [0.29, 0.717) is 11.3 Å². The third kappa shape index (κ3) is 4.82. The summed E-state index contributed by atoms with van der Waals surface area (Å²) in [4.78, 5) is 0. The van der Waals surface area contributed by atoms with Gasteiger partial charge in [0.15, 0.2) is 0 Å². The van der Waals surface area contributed by atoms with Gasteiger partial charge in [-0.3, -0.25) is 0 Å². The third-order valence-corrected chi connectivity index (χ3v) is 2.19. The minimum absolute atomic E-state index is 0.485. The molecule has 0 saturated carbocycles. The molecular formula is C14H20F3N. The van der Waals surface area contributed by atoms with Crippen molar-refractivity contribution >= 4 is 5.70 Å². The first-order valence-corrected chi connectivity index (χ1v) is 5.82. The Balaban J connectivity index is 0.000000873. The van der Waals surface area contributed by atoms with Gasteiger partial charge in [0, 0.05) is 18.3 Å². The van der Waals surface area contributed by atoms with E-state index in [9.17, 15) is 13.2 Å². The van der Waals surface area contributed by atoms with Crippen LogP contribution < -0.4 is 5.32 Å². The largest absolute Gasteiger partial charge is 0.416 e. The highest BCUT2D eigenvalue weighted by Crippen LogP contribution is 2.31. The number of hydrogen-bond acceptors (Lipinski definition) is 1. The smallest absolute Gasteiger partial charge is 0.388 e. The number of alkyl halides is 3. The minimum Gasteiger partial charge on any atom is -0.388 e. The van der Waals surface area contributed by atoms with E-state index in [0.717, 1.165) is 17.7 Å². The van der Waals surface area contributed by atoms with Crippen molar-refractivity contribution < 1.29 is 13.2 Å². The van der Waals surface area contributed by atoms with Gasteiger partial charge in [0.2, 0.25) is 0 Å². The number of rotatable bonds is 2. The van der Waals surface area contributed by atoms with Crippen LogP contribution in [0.25, 0.3) is 5.70 Å². The van der Waals surface area contributed by atoms with Crippen LogP contribution >= 0.6 is 0 Å². The van der Waals surface area contributed by atoms with Crippen molar-refractivity contribution in [1.29, 1.82) is 0 Å². The molecule has 0 saturated heterocycles. The molecule has 0 heterocycles. The molecular weight excluding hydrogens is 239 g/mol. The minimum atomic E-state index is -4.31. The molecule has 0 aromatic heterocycles. The molecule has 1 rings (SSSR count). The lowest BCUT2D eigenvalue weighted by Gasteiger charge is -2.12. The zero-order valence-corrected chi connectivity index (χ0v) is 11.3. The molecule has 4 heteroatoms. The number of halogens is 3. The number of benzene rings is 1. The van der Waals surface area contributed by atoms with Gasteiger partial charge >= 0.3 is 6.18 Å². The molecule has 0 fully saturated rings. The second-order valence-electron chi connectivity index (χ2n) is 3.96. The van der Waals surface area contributed by atoms with Crippen molar-refractivity contribution in [2.75, 3.05) is 7.05 Å². The Labute approximate surface area is 107 Å². The van der Waals surface area contributed by atoms with Gasteiger partial charge in [0.1, 0.15) is 0 Å². The number of hydrogen-bond donors (Lipinski definition) is 1. The lowest BCUT2D eigenvalue weighted by atomic mass is 10.0. The van der Waals surface area contributed by atoms with E-state index in [1.54, 1.807) is 14.0 Å². The standard InChI is InChI=1S/C11H12F3N.C3H8/c1-7-4-5-9(11(12,13)14)6-10(7)8(2)15-3;1-3-2/h4-6,15H,2H2,1,3H3;3H2,1-2H3. The van der Waals surface area contributed by atoms with Crippen molar-refractivity contribution in [2.45, 2.75) is 33.4 Å². The molecule has 1 N–H and O–H groups in total. The zero-order chi connectivity index (χ0) is 14.3. The van der Waals surface area contributed by atoms with Crippen molar-refractivity contribution in [3.05, 3.63) is 41.5 Å². The summed E-state index contributed by atoms with van der Waals surface area (Å²) < 4.78 is 37.3. The van der Waals surface area contributed by atoms with Gasteiger partial charge in [0.25, 0.3) is 0 Å². The van der Waals surface area contributed by atoms with E-state index in [4.69, 9.17) is 0 Å². The summed E-state index contributed by atoms with van der Waals surface area (Å²) in [6, 6.07) is 3.62. The Hall–Kier alpha value is -1.45. The number of aryl methyl sites for hydroxylation is 1. The Morgan fingerprint density at radius 1 is 1.28 bits per heavy atom. The number of nitrogens with one attached hydrogen (secondary N) is 1. The van der Waals surface area contributed by atoms with Gasteiger partial charge < -0.3 is 5.32 Å². The highest BCUT2D eigenvalue weighted by Gasteiger charge is 2.30. The summed E-state index contributed by atoms with van der Waals surface area (Å²) in [6.45, 7) is 9.65. The second kappa shape index (κ2) is 7.09. The van der Waals surface area contributed by atoms with Crippen molar-refractivity contribution in [1.82, 2.24) is 5.32 Å². The Morgan fingerprint density at radius 2 is 1.78 bits per heavy atom. The highest BCUT2D eigenvalue weighted by atomic mass is 19.4. The fourth-order valence-corrected chi connectivity index (χ4v) is 1.26. The van der Waals surface area contributed by atoms with Crippen LogP contribution in [0.5, 0.6) is 0 Å². The Kier molecular flexibility index (Phi) is 6.52. The lowest BCUT2D eigenvalue weighted by molar-refractivity contribution is -0.137. The molecule has 1 nitrogen and oxygen atoms in total. The van der Waals surface area contributed by atoms with Crippen LogP contribution in [-0.4, -0.2) is 7.05 Å². The van der Waals surface area contributed by atoms with Crippen LogP contribution in [0.15, 0.2) is 24.8 Å². The second-order valence-corrected chi connectivity index (χ2v) is 3.96. The van der Waals surface area contributed by atoms with Crippen molar-refractivity contribution in [3.8, 4) is 0 Å². The molecule has 0 bridgehead atoms. The summed E-state index contributed by atoms with van der Waals surface area (Å²) in [5.41, 5.74) is 1.09. The SMILES string of the molecule is C=C(NC)c1cc(C(F)(F)F)ccc1C.CCC. The molecule has 0 spiro atoms. The first-order valence-electron chi connectivity index (χ1n) is 5.82. The fourth-order valence-electron chi connectivity index (χ4n) is 1.26. The molecule has 0 aliphatic heterocycles. The van der Waals surface area contributed by atoms with Crippen LogP contribution in [-0.2, 0) is 6.18 Å². The van der Waals surface area contributed by atoms with Crippen molar-refractivity contribution in [2.24, 2.45) is 0 Å². The summed E-state index contributed by atoms with van der Waals surface area (Å²) in [5, 5.41) is 2.74. The topological polar surface area (TPSA) is 12.0 Å². The Morgan fingerprint density at radius 3 is 2.17 bits per heavy atom. The van der Waals surface area contributed by atoms with Crippen molar-refractivity contribution in [3.63, 3.8) is 0 Å². The summed E-state index contributed by atoms with van der Waals surface area (Å²) in [6.07, 6.45) is -3.06. The van der Waals surface area contributed by atoms with Crippen LogP contribution in [0.1, 0.15) is 37.0 Å². The van der Waals surface area contributed by atoms with Crippen LogP contribution in [0, 0.1) is 6.92 Å². The Bertz CT molecular complexity index is 395. The van der Waals surface area contributed by atoms with E-state index in [1.807, 2.05) is 0 Å². The molecule has 102 valence electrons. The van der Waals surface area contributed by atoms with Gasteiger partial charge in [-0.15, -0.1) is 0 Å². The molecule has 0 radical (unpaired) electrons. The average molecular weight is 259 g/mol. The first-order chi connectivity index (χ1) is 8.27. The molecule has 0 unspecified atom stereocenters. The maximum Gasteiger partial charge on any atom is 0.416 e. The quantitative estimate of drug-likeness (QED) is 0.817. The van der Waals surface area contributed by atoms with Crippen LogP contribution in [0.2, 0.25) is 0 Å². The van der Waals surface area contributed by atoms with E-state index < -0.39 is 11.7 Å². The van der Waals surface area contributed by atoms with Gasteiger partial charge in [0.05, 0.1) is 5.56 Å². The molecule has 18 heavy (non-hydrogen) atoms. The zero-order valence-electron chi connectivity index (χ0n) is 11.3. The van der Waals surface area contributed by atoms with E-state index in [-0.39, 0.29) is 0 Å². The predicted molar refractivity (Wildman–Crippen MR) is 70.2 cm³/mol. The highest BCUT2D eigenvalue weighted by molar-refractivity contribution is 5.65. The van der Waals surface area contributed by atoms with Crippen LogP contribution in [0.4, 0.5) is 13.2 Å². The normalized spacial score (nSPS) is 10.4. The molecule has 1 aromatic carbocycles. The maximum absolute atomic E-state index is 12.4. The molecule has 0 aliphatic rings. The van der Waals surface area contributed by atoms with E-state index in [1.165, 1.54) is 12.5 Å². The van der Waals surface area contributed by atoms with Crippen LogP contribution in [0.3, 0.4) is 0 Å². The fraction of sp³-hybridized carbons (Fsp3) is 0.429. The van der Waals surface area contributed by atoms with Gasteiger partial charge in [-0.05, 0) is 24.6 Å². The van der Waals surface area contributed by atoms with Gasteiger partial charge in [-0.1, -0.05) is 32.9 Å². The maximum atomic E-state index is 12.4. The summed E-state index contributed by atoms with van der Waals surface area (Å²) in [5.74, 6) is 0. The molecule has 1 aromatic rings. The van der Waals surface area contributed by atoms with Gasteiger partial charge in [-0.2, -0.15) is 13.2 Å². The summed E-state index contributed by atoms with van der Waals surface area (Å²) in [7, 11) is 1.63. The van der Waals surface area contributed by atoms with E-state index >= 15 is 0 Å². The monoisotopic (exact) mass is 259 g/mol. The predicted octanol–water partition coefficient (Wildman–Crippen LogP) is 4.62.